The van der Waals surface area contributed by atoms with Gasteiger partial charge in [0.25, 0.3) is 0 Å². The summed E-state index contributed by atoms with van der Waals surface area (Å²) in [6.45, 7) is 3.13. The molecule has 0 bridgehead atoms. The Morgan fingerprint density at radius 2 is 1.89 bits per heavy atom. The Hall–Kier alpha value is -4.03. The molecular formula is C25H25F2N7O3. The van der Waals surface area contributed by atoms with Crippen LogP contribution in [0.3, 0.4) is 0 Å². The zero-order valence-corrected chi connectivity index (χ0v) is 20.0. The Kier molecular flexibility index (Phi) is 6.76. The normalized spacial score (nSPS) is 16.9. The predicted molar refractivity (Wildman–Crippen MR) is 127 cm³/mol. The van der Waals surface area contributed by atoms with Gasteiger partial charge in [-0.1, -0.05) is 41.6 Å². The zero-order valence-electron chi connectivity index (χ0n) is 20.0. The number of rotatable bonds is 7. The fourth-order valence-corrected chi connectivity index (χ4v) is 4.61. The lowest BCUT2D eigenvalue weighted by Gasteiger charge is -2.44. The molecule has 5 rings (SSSR count). The van der Waals surface area contributed by atoms with E-state index in [-0.39, 0.29) is 23.9 Å². The van der Waals surface area contributed by atoms with E-state index in [1.54, 1.807) is 11.8 Å². The van der Waals surface area contributed by atoms with E-state index < -0.39 is 23.3 Å². The van der Waals surface area contributed by atoms with Gasteiger partial charge in [0, 0.05) is 49.4 Å². The van der Waals surface area contributed by atoms with Crippen molar-refractivity contribution in [3.8, 4) is 11.4 Å². The van der Waals surface area contributed by atoms with Crippen LogP contribution in [-0.4, -0.2) is 77.9 Å². The Morgan fingerprint density at radius 3 is 2.57 bits per heavy atom. The molecule has 0 unspecified atom stereocenters. The maximum atomic E-state index is 14.8. The number of carbonyl (C=O) groups is 1. The molecular weight excluding hydrogens is 484 g/mol. The highest BCUT2D eigenvalue weighted by Gasteiger charge is 2.43. The minimum atomic E-state index is -1.76. The van der Waals surface area contributed by atoms with E-state index in [1.807, 2.05) is 35.2 Å². The van der Waals surface area contributed by atoms with E-state index in [4.69, 9.17) is 4.52 Å². The third-order valence-electron chi connectivity index (χ3n) is 6.75. The smallest absolute Gasteiger partial charge is 0.316 e. The van der Waals surface area contributed by atoms with Crippen molar-refractivity contribution in [3.05, 3.63) is 84.3 Å². The van der Waals surface area contributed by atoms with Crippen LogP contribution in [0.5, 0.6) is 0 Å². The average molecular weight is 510 g/mol. The summed E-state index contributed by atoms with van der Waals surface area (Å²) in [4.78, 5) is 24.7. The van der Waals surface area contributed by atoms with Crippen molar-refractivity contribution < 1.29 is 23.2 Å². The summed E-state index contributed by atoms with van der Waals surface area (Å²) in [6, 6.07) is 11.7. The first kappa shape index (κ1) is 24.7. The average Bonchev–Trinajstić information content (AvgIpc) is 3.61. The number of benzene rings is 2. The molecule has 192 valence electrons. The maximum Gasteiger partial charge on any atom is 0.316 e. The fraction of sp³-hybridized carbons (Fsp3) is 0.320. The Balaban J connectivity index is 1.30. The third kappa shape index (κ3) is 4.98. The third-order valence-corrected chi connectivity index (χ3v) is 6.75. The number of hydrogen-bond acceptors (Lipinski definition) is 8. The number of aromatic nitrogens is 5. The second-order valence-corrected chi connectivity index (χ2v) is 8.93. The number of hydrogen-bond donors (Lipinski definition) is 1. The summed E-state index contributed by atoms with van der Waals surface area (Å²) in [5.74, 6) is -1.74. The van der Waals surface area contributed by atoms with E-state index in [1.165, 1.54) is 23.4 Å². The first-order valence-corrected chi connectivity index (χ1v) is 11.8. The topological polar surface area (TPSA) is 113 Å². The number of aliphatic hydroxyl groups is 1. The van der Waals surface area contributed by atoms with E-state index in [0.29, 0.717) is 32.0 Å². The fourth-order valence-electron chi connectivity index (χ4n) is 4.61. The molecule has 1 aliphatic heterocycles. The Bertz CT molecular complexity index is 1360. The van der Waals surface area contributed by atoms with E-state index in [0.717, 1.165) is 17.7 Å². The molecule has 1 aliphatic rings. The van der Waals surface area contributed by atoms with Gasteiger partial charge in [-0.3, -0.25) is 9.69 Å². The van der Waals surface area contributed by atoms with Gasteiger partial charge in [0.05, 0.1) is 6.54 Å². The van der Waals surface area contributed by atoms with Crippen molar-refractivity contribution >= 4 is 5.91 Å². The number of nitrogens with zero attached hydrogens (tertiary/aromatic N) is 7. The van der Waals surface area contributed by atoms with Crippen LogP contribution in [0.25, 0.3) is 11.4 Å². The second-order valence-electron chi connectivity index (χ2n) is 8.93. The second kappa shape index (κ2) is 10.1. The number of halogens is 2. The van der Waals surface area contributed by atoms with Crippen LogP contribution in [0, 0.1) is 11.6 Å². The Labute approximate surface area is 211 Å². The first-order valence-electron chi connectivity index (χ1n) is 11.8. The lowest BCUT2D eigenvalue weighted by Crippen LogP contribution is -2.58. The molecule has 0 radical (unpaired) electrons. The minimum Gasteiger partial charge on any atom is -0.381 e. The molecule has 1 fully saturated rings. The van der Waals surface area contributed by atoms with Gasteiger partial charge in [-0.25, -0.2) is 18.4 Å². The van der Waals surface area contributed by atoms with Crippen molar-refractivity contribution in [3.63, 3.8) is 0 Å². The highest BCUT2D eigenvalue weighted by Crippen LogP contribution is 2.33. The molecule has 2 aromatic carbocycles. The van der Waals surface area contributed by atoms with Crippen LogP contribution < -0.4 is 0 Å². The van der Waals surface area contributed by atoms with E-state index >= 15 is 0 Å². The molecule has 4 aromatic rings. The molecule has 2 atom stereocenters. The maximum absolute atomic E-state index is 14.8. The van der Waals surface area contributed by atoms with Crippen molar-refractivity contribution in [2.24, 2.45) is 0 Å². The van der Waals surface area contributed by atoms with Gasteiger partial charge < -0.3 is 14.5 Å². The van der Waals surface area contributed by atoms with Gasteiger partial charge in [-0.05, 0) is 13.0 Å². The SMILES string of the molecule is C[C@@H](N1CCN(C(=O)c2nc(-c3ccccc3)no2)CC1)[C@](O)(Cn1cncn1)c1ccc(F)cc1F. The summed E-state index contributed by atoms with van der Waals surface area (Å²) < 4.78 is 35.1. The number of carbonyl (C=O) groups excluding carboxylic acids is 1. The van der Waals surface area contributed by atoms with Crippen LogP contribution in [0.1, 0.15) is 23.2 Å². The standard InChI is InChI=1S/C25H25F2N7O3/c1-17(25(36,14-34-16-28-15-29-34)20-8-7-19(26)13-21(20)27)32-9-11-33(12-10-32)24(35)23-30-22(31-37-23)18-5-3-2-4-6-18/h2-8,13,15-17,36H,9-12,14H2,1H3/t17-,25-/m1/s1. The van der Waals surface area contributed by atoms with Gasteiger partial charge in [-0.15, -0.1) is 0 Å². The highest BCUT2D eigenvalue weighted by atomic mass is 19.1. The molecule has 0 spiro atoms. The first-order chi connectivity index (χ1) is 17.8. The molecule has 2 aromatic heterocycles. The highest BCUT2D eigenvalue weighted by molar-refractivity contribution is 5.90. The molecule has 0 aliphatic carbocycles. The monoisotopic (exact) mass is 509 g/mol. The van der Waals surface area contributed by atoms with Crippen molar-refractivity contribution in [2.45, 2.75) is 25.1 Å². The van der Waals surface area contributed by atoms with Crippen LogP contribution in [0.2, 0.25) is 0 Å². The summed E-state index contributed by atoms with van der Waals surface area (Å²) in [7, 11) is 0. The van der Waals surface area contributed by atoms with Crippen molar-refractivity contribution in [2.75, 3.05) is 26.2 Å². The van der Waals surface area contributed by atoms with Crippen LogP contribution in [-0.2, 0) is 12.1 Å². The molecule has 37 heavy (non-hydrogen) atoms. The molecule has 10 nitrogen and oxygen atoms in total. The molecule has 12 heteroatoms. The summed E-state index contributed by atoms with van der Waals surface area (Å²) >= 11 is 0. The molecule has 0 saturated carbocycles. The molecule has 1 N–H and O–H groups in total. The van der Waals surface area contributed by atoms with Gasteiger partial charge in [-0.2, -0.15) is 10.1 Å². The largest absolute Gasteiger partial charge is 0.381 e. The minimum absolute atomic E-state index is 0.0466. The van der Waals surface area contributed by atoms with Gasteiger partial charge in [0.1, 0.15) is 29.9 Å². The summed E-state index contributed by atoms with van der Waals surface area (Å²) in [6.07, 6.45) is 2.74. The molecule has 3 heterocycles. The molecule has 1 saturated heterocycles. The lowest BCUT2D eigenvalue weighted by atomic mass is 9.85. The van der Waals surface area contributed by atoms with Gasteiger partial charge in [0.15, 0.2) is 0 Å². The summed E-state index contributed by atoms with van der Waals surface area (Å²) in [5.41, 5.74) is -1.06. The predicted octanol–water partition coefficient (Wildman–Crippen LogP) is 2.34. The van der Waals surface area contributed by atoms with E-state index in [2.05, 4.69) is 20.2 Å². The van der Waals surface area contributed by atoms with Gasteiger partial charge >= 0.3 is 11.8 Å². The zero-order chi connectivity index (χ0) is 26.0. The van der Waals surface area contributed by atoms with Crippen molar-refractivity contribution in [1.82, 2.24) is 34.7 Å². The Morgan fingerprint density at radius 1 is 1.14 bits per heavy atom. The van der Waals surface area contributed by atoms with E-state index in [9.17, 15) is 18.7 Å². The number of piperazine rings is 1. The lowest BCUT2D eigenvalue weighted by molar-refractivity contribution is -0.0720. The van der Waals surface area contributed by atoms with Gasteiger partial charge in [0.2, 0.25) is 5.82 Å². The quantitative estimate of drug-likeness (QED) is 0.404. The van der Waals surface area contributed by atoms with Crippen LogP contribution in [0.4, 0.5) is 8.78 Å². The summed E-state index contributed by atoms with van der Waals surface area (Å²) in [5, 5.41) is 19.8. The van der Waals surface area contributed by atoms with Crippen molar-refractivity contribution in [1.29, 1.82) is 0 Å². The van der Waals surface area contributed by atoms with Crippen LogP contribution in [0.15, 0.2) is 65.7 Å². The number of amides is 1. The molecule has 1 amide bonds. The van der Waals surface area contributed by atoms with Crippen LogP contribution >= 0.6 is 0 Å².